The third kappa shape index (κ3) is 1.40. The van der Waals surface area contributed by atoms with Gasteiger partial charge in [0, 0.05) is 12.7 Å². The van der Waals surface area contributed by atoms with Crippen molar-refractivity contribution >= 4 is 0 Å². The van der Waals surface area contributed by atoms with Gasteiger partial charge >= 0.3 is 0 Å². The Bertz CT molecular complexity index is 267. The number of nitrogens with two attached hydrogens (primary N) is 1. The molecular formula is C9H14N2. The maximum absolute atomic E-state index is 5.51. The summed E-state index contributed by atoms with van der Waals surface area (Å²) in [6.07, 6.45) is 1.88. The van der Waals surface area contributed by atoms with Gasteiger partial charge in [0.1, 0.15) is 0 Å². The molecule has 0 saturated carbocycles. The minimum Gasteiger partial charge on any atom is -0.325 e. The zero-order valence-corrected chi connectivity index (χ0v) is 7.31. The molecule has 0 fully saturated rings. The molecule has 0 saturated heterocycles. The van der Waals surface area contributed by atoms with E-state index in [4.69, 9.17) is 5.73 Å². The fourth-order valence-electron chi connectivity index (χ4n) is 1.09. The molecule has 0 aliphatic rings. The Kier molecular flexibility index (Phi) is 2.25. The summed E-state index contributed by atoms with van der Waals surface area (Å²) in [6, 6.07) is 0. The smallest absolute Gasteiger partial charge is 0.0571 e. The van der Waals surface area contributed by atoms with Gasteiger partial charge in [-0.1, -0.05) is 0 Å². The number of hydrogen-bond donors (Lipinski definition) is 1. The number of aryl methyl sites for hydroxylation is 1. The first-order chi connectivity index (χ1) is 5.16. The summed E-state index contributed by atoms with van der Waals surface area (Å²) >= 11 is 0. The van der Waals surface area contributed by atoms with E-state index in [2.05, 4.69) is 25.8 Å². The van der Waals surface area contributed by atoms with Crippen LogP contribution in [0.1, 0.15) is 22.4 Å². The first kappa shape index (κ1) is 8.21. The van der Waals surface area contributed by atoms with Gasteiger partial charge in [0.05, 0.1) is 5.69 Å². The molecule has 0 aromatic carbocycles. The van der Waals surface area contributed by atoms with Crippen LogP contribution in [0.3, 0.4) is 0 Å². The minimum atomic E-state index is 0.535. The zero-order valence-electron chi connectivity index (χ0n) is 7.31. The molecular weight excluding hydrogens is 136 g/mol. The summed E-state index contributed by atoms with van der Waals surface area (Å²) in [6.45, 7) is 6.77. The van der Waals surface area contributed by atoms with E-state index in [1.165, 1.54) is 16.7 Å². The fraction of sp³-hybridized carbons (Fsp3) is 0.444. The average molecular weight is 150 g/mol. The molecule has 2 heteroatoms. The first-order valence-corrected chi connectivity index (χ1v) is 3.78. The van der Waals surface area contributed by atoms with Gasteiger partial charge in [-0.25, -0.2) is 0 Å². The van der Waals surface area contributed by atoms with Crippen LogP contribution in [-0.2, 0) is 6.54 Å². The molecule has 1 rings (SSSR count). The van der Waals surface area contributed by atoms with Crippen molar-refractivity contribution in [1.29, 1.82) is 0 Å². The van der Waals surface area contributed by atoms with Crippen molar-refractivity contribution in [3.05, 3.63) is 28.6 Å². The van der Waals surface area contributed by atoms with E-state index >= 15 is 0 Å². The number of nitrogens with zero attached hydrogens (tertiary/aromatic N) is 1. The van der Waals surface area contributed by atoms with E-state index in [1.54, 1.807) is 0 Å². The first-order valence-electron chi connectivity index (χ1n) is 3.78. The highest BCUT2D eigenvalue weighted by atomic mass is 14.7. The van der Waals surface area contributed by atoms with Crippen molar-refractivity contribution in [2.45, 2.75) is 27.3 Å². The van der Waals surface area contributed by atoms with Crippen molar-refractivity contribution in [1.82, 2.24) is 4.98 Å². The summed E-state index contributed by atoms with van der Waals surface area (Å²) in [5.74, 6) is 0. The average Bonchev–Trinajstić information content (AvgIpc) is 2.01. The van der Waals surface area contributed by atoms with E-state index < -0.39 is 0 Å². The summed E-state index contributed by atoms with van der Waals surface area (Å²) in [5, 5.41) is 0. The Morgan fingerprint density at radius 1 is 1.27 bits per heavy atom. The molecule has 1 aromatic heterocycles. The van der Waals surface area contributed by atoms with E-state index in [9.17, 15) is 0 Å². The lowest BCUT2D eigenvalue weighted by Crippen LogP contribution is -2.04. The molecule has 0 unspecified atom stereocenters. The van der Waals surface area contributed by atoms with Gasteiger partial charge in [0.25, 0.3) is 0 Å². The van der Waals surface area contributed by atoms with Crippen molar-refractivity contribution < 1.29 is 0 Å². The van der Waals surface area contributed by atoms with Gasteiger partial charge in [-0.3, -0.25) is 4.98 Å². The monoisotopic (exact) mass is 150 g/mol. The highest BCUT2D eigenvalue weighted by molar-refractivity contribution is 5.33. The number of hydrogen-bond acceptors (Lipinski definition) is 2. The molecule has 2 N–H and O–H groups in total. The Morgan fingerprint density at radius 3 is 2.45 bits per heavy atom. The lowest BCUT2D eigenvalue weighted by molar-refractivity contribution is 0.951. The molecule has 11 heavy (non-hydrogen) atoms. The molecule has 0 aliphatic carbocycles. The van der Waals surface area contributed by atoms with Gasteiger partial charge < -0.3 is 5.73 Å². The molecule has 1 heterocycles. The predicted octanol–water partition coefficient (Wildman–Crippen LogP) is 1.47. The quantitative estimate of drug-likeness (QED) is 0.658. The Hall–Kier alpha value is -0.890. The second-order valence-electron chi connectivity index (χ2n) is 2.84. The van der Waals surface area contributed by atoms with Gasteiger partial charge in [0.15, 0.2) is 0 Å². The topological polar surface area (TPSA) is 38.9 Å². The third-order valence-electron chi connectivity index (χ3n) is 2.19. The molecule has 0 amide bonds. The predicted molar refractivity (Wildman–Crippen MR) is 46.3 cm³/mol. The van der Waals surface area contributed by atoms with Gasteiger partial charge in [0.2, 0.25) is 0 Å². The van der Waals surface area contributed by atoms with Crippen LogP contribution in [0.2, 0.25) is 0 Å². The Labute approximate surface area is 67.5 Å². The number of rotatable bonds is 1. The molecule has 2 nitrogen and oxygen atoms in total. The second kappa shape index (κ2) is 3.01. The summed E-state index contributed by atoms with van der Waals surface area (Å²) < 4.78 is 0. The lowest BCUT2D eigenvalue weighted by Gasteiger charge is -2.07. The Morgan fingerprint density at radius 2 is 1.91 bits per heavy atom. The largest absolute Gasteiger partial charge is 0.325 e. The number of pyridine rings is 1. The van der Waals surface area contributed by atoms with Gasteiger partial charge in [-0.05, 0) is 37.5 Å². The van der Waals surface area contributed by atoms with Crippen LogP contribution in [-0.4, -0.2) is 4.98 Å². The number of aromatic nitrogens is 1. The van der Waals surface area contributed by atoms with Crippen LogP contribution in [0.5, 0.6) is 0 Å². The standard InChI is InChI=1S/C9H14N2/c1-6-5-11-9(4-10)8(3)7(6)2/h5H,4,10H2,1-3H3. The van der Waals surface area contributed by atoms with Crippen molar-refractivity contribution in [3.63, 3.8) is 0 Å². The molecule has 0 bridgehead atoms. The van der Waals surface area contributed by atoms with Crippen LogP contribution in [0.15, 0.2) is 6.20 Å². The highest BCUT2D eigenvalue weighted by Crippen LogP contribution is 2.13. The molecule has 0 atom stereocenters. The molecule has 0 radical (unpaired) electrons. The summed E-state index contributed by atoms with van der Waals surface area (Å²) in [5.41, 5.74) is 10.3. The fourth-order valence-corrected chi connectivity index (χ4v) is 1.09. The summed E-state index contributed by atoms with van der Waals surface area (Å²) in [4.78, 5) is 4.23. The van der Waals surface area contributed by atoms with E-state index in [-0.39, 0.29) is 0 Å². The zero-order chi connectivity index (χ0) is 8.43. The van der Waals surface area contributed by atoms with Crippen LogP contribution >= 0.6 is 0 Å². The van der Waals surface area contributed by atoms with Crippen LogP contribution in [0.4, 0.5) is 0 Å². The van der Waals surface area contributed by atoms with Crippen molar-refractivity contribution in [3.8, 4) is 0 Å². The van der Waals surface area contributed by atoms with E-state index in [0.717, 1.165) is 5.69 Å². The molecule has 1 aromatic rings. The SMILES string of the molecule is Cc1cnc(CN)c(C)c1C. The normalized spacial score (nSPS) is 10.2. The second-order valence-corrected chi connectivity index (χ2v) is 2.84. The lowest BCUT2D eigenvalue weighted by atomic mass is 10.1. The minimum absolute atomic E-state index is 0.535. The molecule has 0 aliphatic heterocycles. The Balaban J connectivity index is 3.25. The maximum atomic E-state index is 5.51. The van der Waals surface area contributed by atoms with E-state index in [1.807, 2.05) is 6.20 Å². The highest BCUT2D eigenvalue weighted by Gasteiger charge is 2.02. The van der Waals surface area contributed by atoms with E-state index in [0.29, 0.717) is 6.54 Å². The van der Waals surface area contributed by atoms with Crippen molar-refractivity contribution in [2.75, 3.05) is 0 Å². The molecule has 60 valence electrons. The van der Waals surface area contributed by atoms with Crippen LogP contribution < -0.4 is 5.73 Å². The summed E-state index contributed by atoms with van der Waals surface area (Å²) in [7, 11) is 0. The third-order valence-corrected chi connectivity index (χ3v) is 2.19. The maximum Gasteiger partial charge on any atom is 0.0571 e. The van der Waals surface area contributed by atoms with Crippen LogP contribution in [0, 0.1) is 20.8 Å². The molecule has 0 spiro atoms. The van der Waals surface area contributed by atoms with Gasteiger partial charge in [-0.15, -0.1) is 0 Å². The van der Waals surface area contributed by atoms with Crippen molar-refractivity contribution in [2.24, 2.45) is 5.73 Å². The van der Waals surface area contributed by atoms with Gasteiger partial charge in [-0.2, -0.15) is 0 Å². The van der Waals surface area contributed by atoms with Crippen LogP contribution in [0.25, 0.3) is 0 Å².